The highest BCUT2D eigenvalue weighted by molar-refractivity contribution is 5.40. The van der Waals surface area contributed by atoms with Crippen molar-refractivity contribution in [3.8, 4) is 5.75 Å². The number of hydrogen-bond donors (Lipinski definition) is 3. The van der Waals surface area contributed by atoms with Crippen molar-refractivity contribution < 1.29 is 15.3 Å². The van der Waals surface area contributed by atoms with Gasteiger partial charge in [-0.25, -0.2) is 0 Å². The van der Waals surface area contributed by atoms with Gasteiger partial charge in [0.25, 0.3) is 0 Å². The van der Waals surface area contributed by atoms with E-state index in [4.69, 9.17) is 0 Å². The third-order valence-electron chi connectivity index (χ3n) is 6.68. The van der Waals surface area contributed by atoms with Crippen LogP contribution in [0.1, 0.15) is 49.7 Å². The Balaban J connectivity index is 1.71. The van der Waals surface area contributed by atoms with Gasteiger partial charge in [0.05, 0.1) is 12.2 Å². The second kappa shape index (κ2) is 4.47. The Labute approximate surface area is 125 Å². The topological polar surface area (TPSA) is 60.7 Å². The molecule has 3 heteroatoms. The molecule has 2 saturated carbocycles. The van der Waals surface area contributed by atoms with E-state index in [1.165, 1.54) is 11.1 Å². The molecule has 114 valence electrons. The molecule has 2 fully saturated rings. The van der Waals surface area contributed by atoms with Gasteiger partial charge in [-0.1, -0.05) is 13.0 Å². The normalized spacial score (nSPS) is 44.8. The van der Waals surface area contributed by atoms with Crippen LogP contribution in [0.15, 0.2) is 18.2 Å². The standard InChI is InChI=1S/C18H24O3/c1-18-7-6-13-12-5-3-11(19)8-10(12)2-4-14(13)15(18)9-16(20)17(18)21/h3,5,8,13-17,19-21H,2,4,6-7,9H2,1H3/t13-,14-,15?,16-,17+,18+/m1/s1. The monoisotopic (exact) mass is 288 g/mol. The fourth-order valence-corrected chi connectivity index (χ4v) is 5.56. The number of benzene rings is 1. The van der Waals surface area contributed by atoms with E-state index in [1.807, 2.05) is 6.07 Å². The molecule has 3 N–H and O–H groups in total. The summed E-state index contributed by atoms with van der Waals surface area (Å²) in [5.74, 6) is 1.88. The molecule has 0 heterocycles. The molecule has 1 unspecified atom stereocenters. The van der Waals surface area contributed by atoms with Crippen molar-refractivity contribution in [1.82, 2.24) is 0 Å². The van der Waals surface area contributed by atoms with Crippen LogP contribution < -0.4 is 0 Å². The fraction of sp³-hybridized carbons (Fsp3) is 0.667. The molecule has 3 aliphatic rings. The van der Waals surface area contributed by atoms with Gasteiger partial charge in [0.15, 0.2) is 0 Å². The molecule has 0 amide bonds. The van der Waals surface area contributed by atoms with Crippen LogP contribution in [0.5, 0.6) is 5.75 Å². The van der Waals surface area contributed by atoms with E-state index in [0.717, 1.165) is 32.1 Å². The average molecular weight is 288 g/mol. The summed E-state index contributed by atoms with van der Waals surface area (Å²) < 4.78 is 0. The second-order valence-corrected chi connectivity index (χ2v) is 7.59. The maximum atomic E-state index is 10.4. The Morgan fingerprint density at radius 1 is 1.19 bits per heavy atom. The summed E-state index contributed by atoms with van der Waals surface area (Å²) in [7, 11) is 0. The van der Waals surface area contributed by atoms with Crippen molar-refractivity contribution in [2.45, 2.75) is 57.2 Å². The lowest BCUT2D eigenvalue weighted by atomic mass is 9.55. The summed E-state index contributed by atoms with van der Waals surface area (Å²) in [6.07, 6.45) is 3.80. The number of aliphatic hydroxyl groups excluding tert-OH is 2. The summed E-state index contributed by atoms with van der Waals surface area (Å²) in [4.78, 5) is 0. The third kappa shape index (κ3) is 1.80. The quantitative estimate of drug-likeness (QED) is 0.687. The lowest BCUT2D eigenvalue weighted by molar-refractivity contribution is -0.0505. The van der Waals surface area contributed by atoms with E-state index >= 15 is 0 Å². The molecule has 3 nitrogen and oxygen atoms in total. The van der Waals surface area contributed by atoms with Gasteiger partial charge >= 0.3 is 0 Å². The first-order chi connectivity index (χ1) is 10.0. The van der Waals surface area contributed by atoms with Gasteiger partial charge in [-0.05, 0) is 78.5 Å². The van der Waals surface area contributed by atoms with Crippen LogP contribution >= 0.6 is 0 Å². The molecule has 0 bridgehead atoms. The Kier molecular flexibility index (Phi) is 2.89. The van der Waals surface area contributed by atoms with Crippen LogP contribution in [0.25, 0.3) is 0 Å². The summed E-state index contributed by atoms with van der Waals surface area (Å²) in [6.45, 7) is 2.17. The van der Waals surface area contributed by atoms with Gasteiger partial charge in [-0.3, -0.25) is 0 Å². The molecule has 1 aromatic rings. The molecular formula is C18H24O3. The van der Waals surface area contributed by atoms with E-state index < -0.39 is 12.2 Å². The highest BCUT2D eigenvalue weighted by atomic mass is 16.3. The number of aliphatic hydroxyl groups is 2. The van der Waals surface area contributed by atoms with Crippen LogP contribution in [-0.4, -0.2) is 27.5 Å². The van der Waals surface area contributed by atoms with E-state index in [9.17, 15) is 15.3 Å². The third-order valence-corrected chi connectivity index (χ3v) is 6.68. The van der Waals surface area contributed by atoms with Gasteiger partial charge in [0.1, 0.15) is 5.75 Å². The molecule has 0 spiro atoms. The molecule has 21 heavy (non-hydrogen) atoms. The number of phenolic OH excluding ortho intramolecular Hbond substituents is 1. The van der Waals surface area contributed by atoms with E-state index in [0.29, 0.717) is 23.5 Å². The zero-order chi connectivity index (χ0) is 14.8. The Morgan fingerprint density at radius 3 is 2.81 bits per heavy atom. The van der Waals surface area contributed by atoms with Gasteiger partial charge in [-0.15, -0.1) is 0 Å². The SMILES string of the molecule is C[C@]12CC[C@@H]3c4ccc(O)cc4CC[C@H]3C1C[C@@H](O)[C@@H]2O. The Hall–Kier alpha value is -1.06. The van der Waals surface area contributed by atoms with Gasteiger partial charge in [-0.2, -0.15) is 0 Å². The highest BCUT2D eigenvalue weighted by Gasteiger charge is 2.57. The number of phenols is 1. The molecule has 1 aromatic carbocycles. The highest BCUT2D eigenvalue weighted by Crippen LogP contribution is 2.60. The molecule has 0 radical (unpaired) electrons. The van der Waals surface area contributed by atoms with Crippen molar-refractivity contribution in [3.63, 3.8) is 0 Å². The zero-order valence-corrected chi connectivity index (χ0v) is 12.5. The Morgan fingerprint density at radius 2 is 2.00 bits per heavy atom. The minimum Gasteiger partial charge on any atom is -0.508 e. The molecule has 6 atom stereocenters. The largest absolute Gasteiger partial charge is 0.508 e. The van der Waals surface area contributed by atoms with E-state index in [-0.39, 0.29) is 5.41 Å². The van der Waals surface area contributed by atoms with Gasteiger partial charge in [0, 0.05) is 0 Å². The van der Waals surface area contributed by atoms with Crippen LogP contribution in [0, 0.1) is 17.3 Å². The summed E-state index contributed by atoms with van der Waals surface area (Å²) in [5, 5.41) is 30.2. The van der Waals surface area contributed by atoms with Crippen molar-refractivity contribution in [3.05, 3.63) is 29.3 Å². The van der Waals surface area contributed by atoms with Crippen molar-refractivity contribution in [1.29, 1.82) is 0 Å². The fourth-order valence-electron chi connectivity index (χ4n) is 5.56. The summed E-state index contributed by atoms with van der Waals surface area (Å²) in [6, 6.07) is 5.80. The van der Waals surface area contributed by atoms with Gasteiger partial charge < -0.3 is 15.3 Å². The lowest BCUT2D eigenvalue weighted by Gasteiger charge is -2.49. The van der Waals surface area contributed by atoms with Crippen molar-refractivity contribution >= 4 is 0 Å². The second-order valence-electron chi connectivity index (χ2n) is 7.59. The predicted octanol–water partition coefficient (Wildman–Crippen LogP) is 2.58. The average Bonchev–Trinajstić information content (AvgIpc) is 2.70. The number of fused-ring (bicyclic) bond motifs is 5. The maximum Gasteiger partial charge on any atom is 0.115 e. The van der Waals surface area contributed by atoms with Crippen molar-refractivity contribution in [2.24, 2.45) is 17.3 Å². The van der Waals surface area contributed by atoms with Crippen LogP contribution in [0.4, 0.5) is 0 Å². The number of aromatic hydroxyl groups is 1. The van der Waals surface area contributed by atoms with Crippen molar-refractivity contribution in [2.75, 3.05) is 0 Å². The van der Waals surface area contributed by atoms with Gasteiger partial charge in [0.2, 0.25) is 0 Å². The molecule has 3 aliphatic carbocycles. The summed E-state index contributed by atoms with van der Waals surface area (Å²) in [5.41, 5.74) is 2.57. The molecule has 0 aliphatic heterocycles. The zero-order valence-electron chi connectivity index (χ0n) is 12.5. The lowest BCUT2D eigenvalue weighted by Crippen LogP contribution is -2.44. The molecule has 0 aromatic heterocycles. The molecular weight excluding hydrogens is 264 g/mol. The number of aryl methyl sites for hydroxylation is 1. The number of hydrogen-bond acceptors (Lipinski definition) is 3. The maximum absolute atomic E-state index is 10.4. The predicted molar refractivity (Wildman–Crippen MR) is 80.1 cm³/mol. The molecule has 0 saturated heterocycles. The summed E-state index contributed by atoms with van der Waals surface area (Å²) >= 11 is 0. The first-order valence-electron chi connectivity index (χ1n) is 8.18. The first kappa shape index (κ1) is 13.6. The van der Waals surface area contributed by atoms with E-state index in [2.05, 4.69) is 13.0 Å². The van der Waals surface area contributed by atoms with E-state index in [1.54, 1.807) is 6.07 Å². The first-order valence-corrected chi connectivity index (χ1v) is 8.18. The minimum absolute atomic E-state index is 0.116. The number of rotatable bonds is 0. The minimum atomic E-state index is -0.565. The smallest absolute Gasteiger partial charge is 0.115 e. The van der Waals surface area contributed by atoms with Crippen LogP contribution in [0.2, 0.25) is 0 Å². The Bertz CT molecular complexity index is 570. The molecule has 4 rings (SSSR count). The van der Waals surface area contributed by atoms with Crippen LogP contribution in [0.3, 0.4) is 0 Å². The van der Waals surface area contributed by atoms with Crippen LogP contribution in [-0.2, 0) is 6.42 Å².